The van der Waals surface area contributed by atoms with Crippen LogP contribution < -0.4 is 4.74 Å². The number of hydrogen-bond acceptors (Lipinski definition) is 5. The fourth-order valence-electron chi connectivity index (χ4n) is 4.92. The van der Waals surface area contributed by atoms with Gasteiger partial charge in [-0.15, -0.1) is 0 Å². The highest BCUT2D eigenvalue weighted by atomic mass is 35.5. The minimum Gasteiger partial charge on any atom is -0.487 e. The predicted octanol–water partition coefficient (Wildman–Crippen LogP) is 8.70. The number of aryl methyl sites for hydroxylation is 2. The van der Waals surface area contributed by atoms with Gasteiger partial charge in [-0.25, -0.2) is 9.48 Å². The van der Waals surface area contributed by atoms with Gasteiger partial charge in [0.15, 0.2) is 0 Å². The maximum absolute atomic E-state index is 12.6. The molecule has 0 saturated carbocycles. The van der Waals surface area contributed by atoms with Gasteiger partial charge in [0.05, 0.1) is 29.0 Å². The van der Waals surface area contributed by atoms with E-state index in [0.717, 1.165) is 33.3 Å². The number of carbonyl (C=O) groups is 1. The molecule has 8 heteroatoms. The first-order chi connectivity index (χ1) is 18.7. The Bertz CT molecular complexity index is 1680. The molecule has 0 aliphatic rings. The molecule has 0 fully saturated rings. The number of nitrogens with zero attached hydrogens (tertiary/aromatic N) is 2. The number of aromatic nitrogens is 2. The minimum atomic E-state index is -0.424. The van der Waals surface area contributed by atoms with Crippen LogP contribution in [0.25, 0.3) is 27.8 Å². The van der Waals surface area contributed by atoms with Crippen LogP contribution in [0.3, 0.4) is 0 Å². The van der Waals surface area contributed by atoms with E-state index < -0.39 is 5.97 Å². The Labute approximate surface area is 237 Å². The van der Waals surface area contributed by atoms with Crippen LogP contribution in [0.5, 0.6) is 5.75 Å². The number of rotatable bonds is 7. The normalized spacial score (nSPS) is 11.4. The molecular formula is C31H28Cl2N2O4. The lowest BCUT2D eigenvalue weighted by Crippen LogP contribution is -2.09. The van der Waals surface area contributed by atoms with Gasteiger partial charge in [0.25, 0.3) is 0 Å². The van der Waals surface area contributed by atoms with Crippen molar-refractivity contribution in [2.45, 2.75) is 40.2 Å². The van der Waals surface area contributed by atoms with Gasteiger partial charge in [0.1, 0.15) is 35.0 Å². The first-order valence-electron chi connectivity index (χ1n) is 12.6. The zero-order valence-corrected chi connectivity index (χ0v) is 23.9. The predicted molar refractivity (Wildman–Crippen MR) is 154 cm³/mol. The molecule has 0 N–H and O–H groups in total. The van der Waals surface area contributed by atoms with Gasteiger partial charge in [-0.05, 0) is 72.4 Å². The van der Waals surface area contributed by atoms with Crippen molar-refractivity contribution in [2.75, 3.05) is 7.11 Å². The second-order valence-corrected chi connectivity index (χ2v) is 10.5. The SMILES string of the molecule is COC(=O)c1c(C)oc2cccc(-c3ccc(OCc4c(C(C)C)cnn4-c4c(Cl)cccc4Cl)cc3C)c12. The Morgan fingerprint density at radius 1 is 1.03 bits per heavy atom. The zero-order valence-electron chi connectivity index (χ0n) is 22.3. The molecule has 0 saturated heterocycles. The number of ether oxygens (including phenoxy) is 2. The van der Waals surface area contributed by atoms with Crippen LogP contribution in [0.1, 0.15) is 52.7 Å². The van der Waals surface area contributed by atoms with Crippen LogP contribution in [0.15, 0.2) is 65.2 Å². The van der Waals surface area contributed by atoms with Gasteiger partial charge in [0.2, 0.25) is 0 Å². The van der Waals surface area contributed by atoms with Crippen molar-refractivity contribution in [1.29, 1.82) is 0 Å². The van der Waals surface area contributed by atoms with Crippen molar-refractivity contribution < 1.29 is 18.7 Å². The maximum Gasteiger partial charge on any atom is 0.342 e. The Balaban J connectivity index is 1.50. The molecule has 0 aliphatic carbocycles. The summed E-state index contributed by atoms with van der Waals surface area (Å²) in [5.74, 6) is 1.03. The van der Waals surface area contributed by atoms with Crippen molar-refractivity contribution in [2.24, 2.45) is 0 Å². The monoisotopic (exact) mass is 562 g/mol. The van der Waals surface area contributed by atoms with E-state index in [1.165, 1.54) is 7.11 Å². The average molecular weight is 563 g/mol. The van der Waals surface area contributed by atoms with Crippen LogP contribution in [-0.2, 0) is 11.3 Å². The molecule has 0 unspecified atom stereocenters. The summed E-state index contributed by atoms with van der Waals surface area (Å²) in [7, 11) is 1.37. The van der Waals surface area contributed by atoms with Gasteiger partial charge >= 0.3 is 5.97 Å². The Kier molecular flexibility index (Phi) is 7.43. The molecule has 2 aromatic heterocycles. The molecule has 5 rings (SSSR count). The first-order valence-corrected chi connectivity index (χ1v) is 13.3. The largest absolute Gasteiger partial charge is 0.487 e. The molecular weight excluding hydrogens is 535 g/mol. The topological polar surface area (TPSA) is 66.5 Å². The third-order valence-electron chi connectivity index (χ3n) is 6.82. The van der Waals surface area contributed by atoms with Crippen molar-refractivity contribution in [3.05, 3.63) is 99.0 Å². The summed E-state index contributed by atoms with van der Waals surface area (Å²) in [5.41, 5.74) is 6.48. The van der Waals surface area contributed by atoms with E-state index in [1.807, 2.05) is 49.5 Å². The molecule has 5 aromatic rings. The fraction of sp³-hybridized carbons (Fsp3) is 0.226. The lowest BCUT2D eigenvalue weighted by molar-refractivity contribution is 0.0600. The summed E-state index contributed by atoms with van der Waals surface area (Å²) < 4.78 is 18.9. The molecule has 2 heterocycles. The van der Waals surface area contributed by atoms with Crippen LogP contribution in [0, 0.1) is 13.8 Å². The Morgan fingerprint density at radius 2 is 1.74 bits per heavy atom. The quantitative estimate of drug-likeness (QED) is 0.185. The number of methoxy groups -OCH3 is 1. The highest BCUT2D eigenvalue weighted by molar-refractivity contribution is 6.37. The second-order valence-electron chi connectivity index (χ2n) is 9.65. The van der Waals surface area contributed by atoms with Crippen molar-refractivity contribution in [1.82, 2.24) is 9.78 Å². The van der Waals surface area contributed by atoms with Gasteiger partial charge in [-0.2, -0.15) is 5.10 Å². The molecule has 39 heavy (non-hydrogen) atoms. The smallest absolute Gasteiger partial charge is 0.342 e. The third kappa shape index (κ3) is 4.90. The number of fused-ring (bicyclic) bond motifs is 1. The molecule has 0 amide bonds. The number of halogens is 2. The Morgan fingerprint density at radius 3 is 2.41 bits per heavy atom. The lowest BCUT2D eigenvalue weighted by atomic mass is 9.95. The maximum atomic E-state index is 12.6. The van der Waals surface area contributed by atoms with Crippen LogP contribution in [-0.4, -0.2) is 22.9 Å². The summed E-state index contributed by atoms with van der Waals surface area (Å²) in [6.07, 6.45) is 1.84. The lowest BCUT2D eigenvalue weighted by Gasteiger charge is -2.16. The molecule has 0 radical (unpaired) electrons. The minimum absolute atomic E-state index is 0.227. The number of carbonyl (C=O) groups excluding carboxylic acids is 1. The number of para-hydroxylation sites is 1. The number of hydrogen-bond donors (Lipinski definition) is 0. The molecule has 0 spiro atoms. The zero-order chi connectivity index (χ0) is 27.8. The molecule has 6 nitrogen and oxygen atoms in total. The van der Waals surface area contributed by atoms with Crippen molar-refractivity contribution in [3.8, 4) is 22.6 Å². The molecule has 200 valence electrons. The first kappa shape index (κ1) is 26.9. The summed E-state index contributed by atoms with van der Waals surface area (Å²) in [6, 6.07) is 17.0. The van der Waals surface area contributed by atoms with E-state index in [1.54, 1.807) is 29.8 Å². The van der Waals surface area contributed by atoms with Gasteiger partial charge in [-0.3, -0.25) is 0 Å². The molecule has 0 atom stereocenters. The van der Waals surface area contributed by atoms with Gasteiger partial charge in [-0.1, -0.05) is 61.3 Å². The standard InChI is InChI=1S/C31H28Cl2N2O4/c1-17(2)23-15-34-35(30-24(32)9-7-10-25(30)33)26(23)16-38-20-12-13-21(18(3)14-20)22-8-6-11-27-29(22)28(19(4)39-27)31(36)37-5/h6-15,17H,16H2,1-5H3. The molecule has 0 aliphatic heterocycles. The van der Waals surface area contributed by atoms with E-state index in [9.17, 15) is 4.79 Å². The number of esters is 1. The summed E-state index contributed by atoms with van der Waals surface area (Å²) >= 11 is 13.0. The van der Waals surface area contributed by atoms with Crippen molar-refractivity contribution in [3.63, 3.8) is 0 Å². The van der Waals surface area contributed by atoms with E-state index in [2.05, 4.69) is 18.9 Å². The average Bonchev–Trinajstić information content (AvgIpc) is 3.47. The van der Waals surface area contributed by atoms with E-state index >= 15 is 0 Å². The summed E-state index contributed by atoms with van der Waals surface area (Å²) in [6.45, 7) is 8.28. The van der Waals surface area contributed by atoms with E-state index in [4.69, 9.17) is 37.1 Å². The third-order valence-corrected chi connectivity index (χ3v) is 7.43. The number of furan rings is 1. The fourth-order valence-corrected chi connectivity index (χ4v) is 5.47. The highest BCUT2D eigenvalue weighted by Crippen LogP contribution is 2.38. The van der Waals surface area contributed by atoms with Gasteiger partial charge in [0, 0.05) is 5.39 Å². The number of benzene rings is 3. The van der Waals surface area contributed by atoms with Gasteiger partial charge < -0.3 is 13.9 Å². The van der Waals surface area contributed by atoms with Crippen LogP contribution in [0.2, 0.25) is 10.0 Å². The van der Waals surface area contributed by atoms with Crippen molar-refractivity contribution >= 4 is 40.1 Å². The summed E-state index contributed by atoms with van der Waals surface area (Å²) in [5, 5.41) is 6.35. The second kappa shape index (κ2) is 10.8. The molecule has 0 bridgehead atoms. The highest BCUT2D eigenvalue weighted by Gasteiger charge is 2.23. The van der Waals surface area contributed by atoms with E-state index in [-0.39, 0.29) is 12.5 Å². The van der Waals surface area contributed by atoms with Crippen LogP contribution >= 0.6 is 23.2 Å². The summed E-state index contributed by atoms with van der Waals surface area (Å²) in [4.78, 5) is 12.6. The van der Waals surface area contributed by atoms with Crippen LogP contribution in [0.4, 0.5) is 0 Å². The van der Waals surface area contributed by atoms with E-state index in [0.29, 0.717) is 38.4 Å². The Hall–Kier alpha value is -3.74. The molecule has 3 aromatic carbocycles.